The topological polar surface area (TPSA) is 12.0 Å². The van der Waals surface area contributed by atoms with E-state index in [1.165, 1.54) is 0 Å². The predicted molar refractivity (Wildman–Crippen MR) is 87.0 cm³/mol. The second kappa shape index (κ2) is 5.87. The lowest BCUT2D eigenvalue weighted by Gasteiger charge is -2.09. The molecule has 0 amide bonds. The van der Waals surface area contributed by atoms with Crippen LogP contribution in [0.2, 0.25) is 0 Å². The van der Waals surface area contributed by atoms with Crippen molar-refractivity contribution < 1.29 is 0 Å². The molecule has 0 saturated heterocycles. The highest BCUT2D eigenvalue weighted by atomic mass is 79.9. The van der Waals surface area contributed by atoms with Crippen LogP contribution >= 0.6 is 63.7 Å². The summed E-state index contributed by atoms with van der Waals surface area (Å²) in [5, 5.41) is 3.34. The molecule has 0 aliphatic carbocycles. The van der Waals surface area contributed by atoms with Gasteiger partial charge < -0.3 is 5.32 Å². The Bertz CT molecular complexity index is 514. The van der Waals surface area contributed by atoms with Crippen LogP contribution in [-0.2, 0) is 0 Å². The van der Waals surface area contributed by atoms with E-state index < -0.39 is 0 Å². The standard InChI is InChI=1S/C12H7Br4N/c13-7-1-3-8(4-2-7)17-9-5-10(14)12(16)11(15)6-9/h1-6,17H. The van der Waals surface area contributed by atoms with Crippen LogP contribution in [0.3, 0.4) is 0 Å². The van der Waals surface area contributed by atoms with Gasteiger partial charge in [0, 0.05) is 29.3 Å². The van der Waals surface area contributed by atoms with Crippen molar-refractivity contribution in [3.8, 4) is 0 Å². The molecule has 0 atom stereocenters. The summed E-state index contributed by atoms with van der Waals surface area (Å²) in [5.74, 6) is 0. The van der Waals surface area contributed by atoms with E-state index in [2.05, 4.69) is 69.0 Å². The molecule has 2 aromatic rings. The fourth-order valence-corrected chi connectivity index (χ4v) is 3.01. The molecule has 0 fully saturated rings. The highest BCUT2D eigenvalue weighted by Gasteiger charge is 2.04. The summed E-state index contributed by atoms with van der Waals surface area (Å²) >= 11 is 13.9. The summed E-state index contributed by atoms with van der Waals surface area (Å²) in [6, 6.07) is 12.1. The van der Waals surface area contributed by atoms with Crippen LogP contribution < -0.4 is 5.32 Å². The van der Waals surface area contributed by atoms with Gasteiger partial charge in [-0.2, -0.15) is 0 Å². The minimum atomic E-state index is 1.01. The number of anilines is 2. The van der Waals surface area contributed by atoms with Crippen molar-refractivity contribution in [2.75, 3.05) is 5.32 Å². The Kier molecular flexibility index (Phi) is 4.69. The molecule has 2 aromatic carbocycles. The molecule has 0 aliphatic heterocycles. The monoisotopic (exact) mass is 481 g/mol. The first-order valence-corrected chi connectivity index (χ1v) is 7.90. The molecule has 0 saturated carbocycles. The average molecular weight is 485 g/mol. The van der Waals surface area contributed by atoms with Gasteiger partial charge in [-0.25, -0.2) is 0 Å². The summed E-state index contributed by atoms with van der Waals surface area (Å²) in [7, 11) is 0. The number of nitrogens with one attached hydrogen (secondary N) is 1. The second-order valence-corrected chi connectivity index (χ2v) is 6.80. The molecule has 0 bridgehead atoms. The Morgan fingerprint density at radius 1 is 0.706 bits per heavy atom. The number of hydrogen-bond acceptors (Lipinski definition) is 1. The lowest BCUT2D eigenvalue weighted by Crippen LogP contribution is -1.90. The molecule has 5 heteroatoms. The van der Waals surface area contributed by atoms with Crippen LogP contribution in [0.15, 0.2) is 54.3 Å². The van der Waals surface area contributed by atoms with Gasteiger partial charge in [0.25, 0.3) is 0 Å². The van der Waals surface area contributed by atoms with Gasteiger partial charge in [0.2, 0.25) is 0 Å². The van der Waals surface area contributed by atoms with E-state index >= 15 is 0 Å². The number of rotatable bonds is 2. The Morgan fingerprint density at radius 3 is 1.76 bits per heavy atom. The van der Waals surface area contributed by atoms with Crippen molar-refractivity contribution in [2.24, 2.45) is 0 Å². The summed E-state index contributed by atoms with van der Waals surface area (Å²) in [4.78, 5) is 0. The van der Waals surface area contributed by atoms with Crippen LogP contribution in [0.1, 0.15) is 0 Å². The molecule has 1 nitrogen and oxygen atoms in total. The summed E-state index contributed by atoms with van der Waals surface area (Å²) in [6.45, 7) is 0. The normalized spacial score (nSPS) is 10.4. The highest BCUT2D eigenvalue weighted by Crippen LogP contribution is 2.35. The first-order chi connectivity index (χ1) is 8.06. The molecule has 0 aromatic heterocycles. The van der Waals surface area contributed by atoms with Crippen LogP contribution in [0.4, 0.5) is 11.4 Å². The van der Waals surface area contributed by atoms with E-state index in [1.807, 2.05) is 36.4 Å². The zero-order chi connectivity index (χ0) is 12.4. The van der Waals surface area contributed by atoms with E-state index in [1.54, 1.807) is 0 Å². The van der Waals surface area contributed by atoms with Crippen molar-refractivity contribution in [3.05, 3.63) is 54.3 Å². The molecule has 0 aliphatic rings. The Labute approximate surface area is 134 Å². The molecule has 88 valence electrons. The Hall–Kier alpha value is 0.160. The largest absolute Gasteiger partial charge is 0.355 e. The third kappa shape index (κ3) is 3.56. The van der Waals surface area contributed by atoms with Crippen LogP contribution in [0.5, 0.6) is 0 Å². The van der Waals surface area contributed by atoms with E-state index in [0.29, 0.717) is 0 Å². The van der Waals surface area contributed by atoms with Crippen molar-refractivity contribution >= 4 is 75.1 Å². The minimum Gasteiger partial charge on any atom is -0.355 e. The molecule has 2 rings (SSSR count). The highest BCUT2D eigenvalue weighted by molar-refractivity contribution is 9.14. The van der Waals surface area contributed by atoms with Gasteiger partial charge in [-0.05, 0) is 84.2 Å². The van der Waals surface area contributed by atoms with E-state index in [-0.39, 0.29) is 0 Å². The summed E-state index contributed by atoms with van der Waals surface area (Å²) in [6.07, 6.45) is 0. The molecule has 0 radical (unpaired) electrons. The van der Waals surface area contributed by atoms with Crippen LogP contribution in [-0.4, -0.2) is 0 Å². The Balaban J connectivity index is 2.27. The van der Waals surface area contributed by atoms with Gasteiger partial charge in [-0.1, -0.05) is 15.9 Å². The third-order valence-electron chi connectivity index (χ3n) is 2.12. The van der Waals surface area contributed by atoms with Crippen molar-refractivity contribution in [3.63, 3.8) is 0 Å². The molecular formula is C12H7Br4N. The first kappa shape index (κ1) is 13.6. The zero-order valence-corrected chi connectivity index (χ0v) is 14.8. The molecule has 1 N–H and O–H groups in total. The third-order valence-corrected chi connectivity index (χ3v) is 5.81. The first-order valence-electron chi connectivity index (χ1n) is 4.73. The van der Waals surface area contributed by atoms with Crippen molar-refractivity contribution in [2.45, 2.75) is 0 Å². The smallest absolute Gasteiger partial charge is 0.0461 e. The van der Waals surface area contributed by atoms with Gasteiger partial charge >= 0.3 is 0 Å². The number of benzene rings is 2. The number of hydrogen-bond donors (Lipinski definition) is 1. The van der Waals surface area contributed by atoms with E-state index in [0.717, 1.165) is 29.3 Å². The fourth-order valence-electron chi connectivity index (χ4n) is 1.33. The van der Waals surface area contributed by atoms with Gasteiger partial charge in [-0.15, -0.1) is 0 Å². The predicted octanol–water partition coefficient (Wildman–Crippen LogP) is 6.48. The van der Waals surface area contributed by atoms with Gasteiger partial charge in [0.05, 0.1) is 0 Å². The van der Waals surface area contributed by atoms with Crippen molar-refractivity contribution in [1.82, 2.24) is 0 Å². The number of halogens is 4. The molecular weight excluding hydrogens is 478 g/mol. The van der Waals surface area contributed by atoms with Gasteiger partial charge in [0.1, 0.15) is 0 Å². The van der Waals surface area contributed by atoms with Gasteiger partial charge in [-0.3, -0.25) is 0 Å². The quantitative estimate of drug-likeness (QED) is 0.481. The maximum Gasteiger partial charge on any atom is 0.0461 e. The fraction of sp³-hybridized carbons (Fsp3) is 0. The molecule has 0 spiro atoms. The molecule has 17 heavy (non-hydrogen) atoms. The maximum absolute atomic E-state index is 3.50. The zero-order valence-electron chi connectivity index (χ0n) is 8.48. The SMILES string of the molecule is Brc1ccc(Nc2cc(Br)c(Br)c(Br)c2)cc1. The van der Waals surface area contributed by atoms with Crippen LogP contribution in [0, 0.1) is 0 Å². The lowest BCUT2D eigenvalue weighted by molar-refractivity contribution is 1.48. The van der Waals surface area contributed by atoms with Gasteiger partial charge in [0.15, 0.2) is 0 Å². The van der Waals surface area contributed by atoms with Crippen molar-refractivity contribution in [1.29, 1.82) is 0 Å². The lowest BCUT2D eigenvalue weighted by atomic mass is 10.3. The van der Waals surface area contributed by atoms with E-state index in [4.69, 9.17) is 0 Å². The molecule has 0 heterocycles. The van der Waals surface area contributed by atoms with E-state index in [9.17, 15) is 0 Å². The maximum atomic E-state index is 3.50. The van der Waals surface area contributed by atoms with Crippen LogP contribution in [0.25, 0.3) is 0 Å². The summed E-state index contributed by atoms with van der Waals surface area (Å²) in [5.41, 5.74) is 2.07. The summed E-state index contributed by atoms with van der Waals surface area (Å²) < 4.78 is 4.10. The Morgan fingerprint density at radius 2 is 1.24 bits per heavy atom. The molecule has 0 unspecified atom stereocenters. The second-order valence-electron chi connectivity index (χ2n) is 3.39. The minimum absolute atomic E-state index is 1.01. The average Bonchev–Trinajstić information content (AvgIpc) is 2.29.